The van der Waals surface area contributed by atoms with Crippen LogP contribution in [0, 0.1) is 12.7 Å². The Labute approximate surface area is 99.8 Å². The zero-order valence-corrected chi connectivity index (χ0v) is 10.2. The van der Waals surface area contributed by atoms with Crippen LogP contribution in [0.4, 0.5) is 4.39 Å². The third-order valence-corrected chi connectivity index (χ3v) is 2.87. The molecule has 0 N–H and O–H groups in total. The molecule has 1 aromatic carbocycles. The Bertz CT molecular complexity index is 534. The predicted octanol–water partition coefficient (Wildman–Crippen LogP) is 3.03. The average molecular weight is 234 g/mol. The second-order valence-electron chi connectivity index (χ2n) is 3.81. The molecular weight excluding hydrogens is 219 g/mol. The highest BCUT2D eigenvalue weighted by molar-refractivity contribution is 5.66. The largest absolute Gasteiger partial charge is 0.494 e. The first-order valence-electron chi connectivity index (χ1n) is 5.53. The zero-order valence-electron chi connectivity index (χ0n) is 10.2. The Hall–Kier alpha value is -1.84. The summed E-state index contributed by atoms with van der Waals surface area (Å²) >= 11 is 0. The molecule has 0 spiro atoms. The van der Waals surface area contributed by atoms with Crippen molar-refractivity contribution in [1.29, 1.82) is 0 Å². The lowest BCUT2D eigenvalue weighted by Crippen LogP contribution is -1.98. The number of rotatable bonds is 3. The summed E-state index contributed by atoms with van der Waals surface area (Å²) in [6, 6.07) is 4.95. The number of hydrogen-bond acceptors (Lipinski definition) is 2. The van der Waals surface area contributed by atoms with Crippen molar-refractivity contribution in [3.05, 3.63) is 35.9 Å². The van der Waals surface area contributed by atoms with Crippen molar-refractivity contribution in [3.63, 3.8) is 0 Å². The fourth-order valence-electron chi connectivity index (χ4n) is 1.88. The van der Waals surface area contributed by atoms with Gasteiger partial charge in [-0.2, -0.15) is 5.10 Å². The quantitative estimate of drug-likeness (QED) is 0.816. The van der Waals surface area contributed by atoms with Gasteiger partial charge in [-0.05, 0) is 31.5 Å². The summed E-state index contributed by atoms with van der Waals surface area (Å²) in [6.45, 7) is 4.82. The number of aryl methyl sites for hydroxylation is 1. The molecule has 0 aliphatic rings. The second-order valence-corrected chi connectivity index (χ2v) is 3.81. The summed E-state index contributed by atoms with van der Waals surface area (Å²) in [4.78, 5) is 0. The fourth-order valence-corrected chi connectivity index (χ4v) is 1.88. The number of methoxy groups -OCH3 is 1. The van der Waals surface area contributed by atoms with Crippen LogP contribution in [0.1, 0.15) is 12.6 Å². The molecule has 0 saturated carbocycles. The van der Waals surface area contributed by atoms with E-state index in [4.69, 9.17) is 4.74 Å². The maximum absolute atomic E-state index is 13.6. The van der Waals surface area contributed by atoms with Gasteiger partial charge < -0.3 is 4.74 Å². The fraction of sp³-hybridized carbons (Fsp3) is 0.308. The summed E-state index contributed by atoms with van der Waals surface area (Å²) in [5, 5.41) is 4.25. The monoisotopic (exact) mass is 234 g/mol. The second kappa shape index (κ2) is 4.57. The van der Waals surface area contributed by atoms with E-state index >= 15 is 0 Å². The van der Waals surface area contributed by atoms with Gasteiger partial charge in [-0.15, -0.1) is 0 Å². The molecule has 17 heavy (non-hydrogen) atoms. The number of halogens is 1. The van der Waals surface area contributed by atoms with Gasteiger partial charge in [-0.1, -0.05) is 6.07 Å². The first kappa shape index (κ1) is 11.6. The van der Waals surface area contributed by atoms with Crippen LogP contribution in [-0.2, 0) is 6.54 Å². The Morgan fingerprint density at radius 2 is 2.18 bits per heavy atom. The third-order valence-electron chi connectivity index (χ3n) is 2.87. The molecule has 0 saturated heterocycles. The number of aromatic nitrogens is 2. The van der Waals surface area contributed by atoms with Crippen molar-refractivity contribution in [3.8, 4) is 16.9 Å². The molecule has 0 aliphatic carbocycles. The minimum absolute atomic E-state index is 0.259. The lowest BCUT2D eigenvalue weighted by molar-refractivity contribution is 0.386. The van der Waals surface area contributed by atoms with Gasteiger partial charge in [0.1, 0.15) is 0 Å². The first-order valence-corrected chi connectivity index (χ1v) is 5.53. The topological polar surface area (TPSA) is 27.1 Å². The smallest absolute Gasteiger partial charge is 0.165 e. The van der Waals surface area contributed by atoms with E-state index in [-0.39, 0.29) is 11.6 Å². The highest BCUT2D eigenvalue weighted by atomic mass is 19.1. The molecule has 0 amide bonds. The molecule has 1 heterocycles. The molecule has 90 valence electrons. The van der Waals surface area contributed by atoms with E-state index < -0.39 is 0 Å². The lowest BCUT2D eigenvalue weighted by Gasteiger charge is -2.05. The summed E-state index contributed by atoms with van der Waals surface area (Å²) < 4.78 is 20.4. The van der Waals surface area contributed by atoms with Crippen LogP contribution in [0.15, 0.2) is 24.4 Å². The van der Waals surface area contributed by atoms with Crippen LogP contribution in [-0.4, -0.2) is 16.9 Å². The Morgan fingerprint density at radius 3 is 2.71 bits per heavy atom. The van der Waals surface area contributed by atoms with E-state index in [0.717, 1.165) is 23.4 Å². The van der Waals surface area contributed by atoms with E-state index in [9.17, 15) is 4.39 Å². The van der Waals surface area contributed by atoms with Gasteiger partial charge in [0.25, 0.3) is 0 Å². The van der Waals surface area contributed by atoms with E-state index in [1.165, 1.54) is 13.2 Å². The van der Waals surface area contributed by atoms with Gasteiger partial charge in [0, 0.05) is 17.8 Å². The third kappa shape index (κ3) is 2.02. The van der Waals surface area contributed by atoms with Crippen molar-refractivity contribution in [2.24, 2.45) is 0 Å². The summed E-state index contributed by atoms with van der Waals surface area (Å²) in [5.74, 6) is -0.0945. The maximum atomic E-state index is 13.6. The number of hydrogen-bond donors (Lipinski definition) is 0. The molecule has 3 nitrogen and oxygen atoms in total. The van der Waals surface area contributed by atoms with Crippen molar-refractivity contribution < 1.29 is 9.13 Å². The van der Waals surface area contributed by atoms with Gasteiger partial charge in [-0.25, -0.2) is 4.39 Å². The molecule has 0 radical (unpaired) electrons. The normalized spacial score (nSPS) is 10.6. The number of nitrogens with zero attached hydrogens (tertiary/aromatic N) is 2. The highest BCUT2D eigenvalue weighted by Gasteiger charge is 2.10. The average Bonchev–Trinajstić information content (AvgIpc) is 2.70. The molecule has 2 aromatic rings. The van der Waals surface area contributed by atoms with Gasteiger partial charge in [0.15, 0.2) is 11.6 Å². The van der Waals surface area contributed by atoms with Crippen LogP contribution in [0.25, 0.3) is 11.1 Å². The minimum Gasteiger partial charge on any atom is -0.494 e. The molecule has 0 aliphatic heterocycles. The SMILES string of the molecule is CCn1ncc(-c2ccc(OC)c(F)c2)c1C. The molecule has 0 fully saturated rings. The Balaban J connectivity index is 2.46. The predicted molar refractivity (Wildman–Crippen MR) is 64.6 cm³/mol. The maximum Gasteiger partial charge on any atom is 0.165 e. The van der Waals surface area contributed by atoms with Gasteiger partial charge >= 0.3 is 0 Å². The Kier molecular flexibility index (Phi) is 3.13. The minimum atomic E-state index is -0.353. The van der Waals surface area contributed by atoms with Crippen molar-refractivity contribution in [1.82, 2.24) is 9.78 Å². The van der Waals surface area contributed by atoms with Crippen LogP contribution < -0.4 is 4.74 Å². The zero-order chi connectivity index (χ0) is 12.4. The summed E-state index contributed by atoms with van der Waals surface area (Å²) in [6.07, 6.45) is 1.76. The van der Waals surface area contributed by atoms with E-state index in [2.05, 4.69) is 5.10 Å². The molecule has 0 atom stereocenters. The van der Waals surface area contributed by atoms with Gasteiger partial charge in [-0.3, -0.25) is 4.68 Å². The van der Waals surface area contributed by atoms with Crippen molar-refractivity contribution in [2.45, 2.75) is 20.4 Å². The summed E-state index contributed by atoms with van der Waals surface area (Å²) in [7, 11) is 1.46. The Morgan fingerprint density at radius 1 is 1.41 bits per heavy atom. The number of benzene rings is 1. The van der Waals surface area contributed by atoms with E-state index in [0.29, 0.717) is 0 Å². The van der Waals surface area contributed by atoms with Crippen molar-refractivity contribution in [2.75, 3.05) is 7.11 Å². The van der Waals surface area contributed by atoms with E-state index in [1.807, 2.05) is 24.6 Å². The summed E-state index contributed by atoms with van der Waals surface area (Å²) in [5.41, 5.74) is 2.81. The van der Waals surface area contributed by atoms with Crippen LogP contribution in [0.3, 0.4) is 0 Å². The lowest BCUT2D eigenvalue weighted by atomic mass is 10.1. The van der Waals surface area contributed by atoms with Gasteiger partial charge in [0.2, 0.25) is 0 Å². The van der Waals surface area contributed by atoms with Crippen molar-refractivity contribution >= 4 is 0 Å². The molecule has 2 rings (SSSR count). The standard InChI is InChI=1S/C13H15FN2O/c1-4-16-9(2)11(8-15-16)10-5-6-13(17-3)12(14)7-10/h5-8H,4H2,1-3H3. The van der Waals surface area contributed by atoms with Crippen LogP contribution >= 0.6 is 0 Å². The van der Waals surface area contributed by atoms with Gasteiger partial charge in [0.05, 0.1) is 13.3 Å². The highest BCUT2D eigenvalue weighted by Crippen LogP contribution is 2.27. The van der Waals surface area contributed by atoms with Crippen LogP contribution in [0.5, 0.6) is 5.75 Å². The molecular formula is C13H15FN2O. The van der Waals surface area contributed by atoms with E-state index in [1.54, 1.807) is 12.3 Å². The molecule has 0 unspecified atom stereocenters. The first-order chi connectivity index (χ1) is 8.17. The molecule has 0 bridgehead atoms. The number of ether oxygens (including phenoxy) is 1. The van der Waals surface area contributed by atoms with Crippen LogP contribution in [0.2, 0.25) is 0 Å². The molecule has 1 aromatic heterocycles. The molecule has 4 heteroatoms.